The van der Waals surface area contributed by atoms with E-state index in [9.17, 15) is 9.59 Å². The number of ketones is 1. The summed E-state index contributed by atoms with van der Waals surface area (Å²) in [5.41, 5.74) is 5.31. The number of nitrogens with one attached hydrogen (secondary N) is 1. The number of aromatic nitrogens is 2. The first-order valence-electron chi connectivity index (χ1n) is 9.44. The Labute approximate surface area is 158 Å². The van der Waals surface area contributed by atoms with Gasteiger partial charge in [0.25, 0.3) is 0 Å². The van der Waals surface area contributed by atoms with Crippen LogP contribution in [0.2, 0.25) is 0 Å². The zero-order valence-electron chi connectivity index (χ0n) is 15.5. The fourth-order valence-electron chi connectivity index (χ4n) is 3.74. The molecule has 0 saturated heterocycles. The third kappa shape index (κ3) is 3.63. The Morgan fingerprint density at radius 2 is 1.89 bits per heavy atom. The number of carbonyl (C=O) groups is 2. The van der Waals surface area contributed by atoms with Crippen LogP contribution in [0.3, 0.4) is 0 Å². The summed E-state index contributed by atoms with van der Waals surface area (Å²) in [6.07, 6.45) is 3.74. The van der Waals surface area contributed by atoms with Crippen molar-refractivity contribution in [2.24, 2.45) is 7.05 Å². The Kier molecular flexibility index (Phi) is 4.75. The highest BCUT2D eigenvalue weighted by atomic mass is 16.2. The fourth-order valence-corrected chi connectivity index (χ4v) is 3.74. The number of fused-ring (bicyclic) bond motifs is 2. The maximum absolute atomic E-state index is 12.4. The quantitative estimate of drug-likeness (QED) is 0.685. The lowest BCUT2D eigenvalue weighted by atomic mass is 10.0. The summed E-state index contributed by atoms with van der Waals surface area (Å²) in [5, 5.41) is 2.87. The van der Waals surface area contributed by atoms with Crippen molar-refractivity contribution in [2.75, 3.05) is 0 Å². The zero-order valence-corrected chi connectivity index (χ0v) is 15.5. The highest BCUT2D eigenvalue weighted by molar-refractivity contribution is 5.98. The third-order valence-corrected chi connectivity index (χ3v) is 5.32. The van der Waals surface area contributed by atoms with E-state index in [1.807, 2.05) is 48.0 Å². The first kappa shape index (κ1) is 17.5. The van der Waals surface area contributed by atoms with Crippen molar-refractivity contribution < 1.29 is 9.59 Å². The molecule has 1 heterocycles. The smallest absolute Gasteiger partial charge is 0.220 e. The molecule has 2 aromatic carbocycles. The molecule has 5 heteroatoms. The molecule has 4 rings (SSSR count). The molecule has 0 aliphatic heterocycles. The second-order valence-corrected chi connectivity index (χ2v) is 7.11. The molecule has 1 aliphatic carbocycles. The highest BCUT2D eigenvalue weighted by Gasteiger charge is 2.15. The van der Waals surface area contributed by atoms with Crippen molar-refractivity contribution >= 4 is 22.7 Å². The predicted molar refractivity (Wildman–Crippen MR) is 105 cm³/mol. The van der Waals surface area contributed by atoms with E-state index in [4.69, 9.17) is 0 Å². The number of hydrogen-bond acceptors (Lipinski definition) is 3. The summed E-state index contributed by atoms with van der Waals surface area (Å²) in [6.45, 7) is 0.358. The molecule has 5 nitrogen and oxygen atoms in total. The van der Waals surface area contributed by atoms with Gasteiger partial charge in [-0.3, -0.25) is 9.59 Å². The number of imidazole rings is 1. The number of aryl methyl sites for hydroxylation is 3. The Hall–Kier alpha value is -2.95. The van der Waals surface area contributed by atoms with Crippen molar-refractivity contribution in [1.29, 1.82) is 0 Å². The van der Waals surface area contributed by atoms with Gasteiger partial charge < -0.3 is 9.88 Å². The van der Waals surface area contributed by atoms with Crippen LogP contribution >= 0.6 is 0 Å². The minimum Gasteiger partial charge on any atom is -0.349 e. The number of rotatable bonds is 6. The van der Waals surface area contributed by atoms with Crippen molar-refractivity contribution in [2.45, 2.75) is 38.6 Å². The number of para-hydroxylation sites is 2. The van der Waals surface area contributed by atoms with Gasteiger partial charge in [0.2, 0.25) is 5.91 Å². The first-order chi connectivity index (χ1) is 13.1. The van der Waals surface area contributed by atoms with Gasteiger partial charge in [0, 0.05) is 25.5 Å². The number of Topliss-reactive ketones (excluding diaryl/α,β-unsaturated/α-hetero) is 1. The van der Waals surface area contributed by atoms with E-state index in [0.717, 1.165) is 41.7 Å². The Morgan fingerprint density at radius 3 is 2.74 bits per heavy atom. The molecule has 0 fully saturated rings. The van der Waals surface area contributed by atoms with Crippen LogP contribution in [0.4, 0.5) is 0 Å². The van der Waals surface area contributed by atoms with E-state index < -0.39 is 0 Å². The number of carbonyl (C=O) groups excluding carboxylic acids is 2. The van der Waals surface area contributed by atoms with Crippen LogP contribution in [0, 0.1) is 0 Å². The third-order valence-electron chi connectivity index (χ3n) is 5.32. The molecule has 1 amide bonds. The van der Waals surface area contributed by atoms with E-state index in [0.29, 0.717) is 6.54 Å². The summed E-state index contributed by atoms with van der Waals surface area (Å²) in [4.78, 5) is 29.1. The maximum Gasteiger partial charge on any atom is 0.220 e. The van der Waals surface area contributed by atoms with E-state index in [1.165, 1.54) is 11.1 Å². The van der Waals surface area contributed by atoms with Gasteiger partial charge in [0.1, 0.15) is 5.82 Å². The second kappa shape index (κ2) is 7.35. The molecular weight excluding hydrogens is 338 g/mol. The van der Waals surface area contributed by atoms with Gasteiger partial charge >= 0.3 is 0 Å². The van der Waals surface area contributed by atoms with Gasteiger partial charge in [-0.1, -0.05) is 24.3 Å². The van der Waals surface area contributed by atoms with E-state index in [2.05, 4.69) is 16.4 Å². The molecule has 0 saturated carbocycles. The van der Waals surface area contributed by atoms with Gasteiger partial charge in [-0.25, -0.2) is 4.98 Å². The minimum atomic E-state index is -0.128. The zero-order chi connectivity index (χ0) is 18.8. The predicted octanol–water partition coefficient (Wildman–Crippen LogP) is 3.34. The van der Waals surface area contributed by atoms with Gasteiger partial charge in [0.05, 0.1) is 17.6 Å². The summed E-state index contributed by atoms with van der Waals surface area (Å²) in [5.74, 6) is 0.702. The summed E-state index contributed by atoms with van der Waals surface area (Å²) in [7, 11) is 1.94. The van der Waals surface area contributed by atoms with Crippen LogP contribution in [0.1, 0.15) is 46.6 Å². The van der Waals surface area contributed by atoms with Crippen molar-refractivity contribution in [3.63, 3.8) is 0 Å². The Bertz CT molecular complexity index is 1020. The molecule has 0 spiro atoms. The van der Waals surface area contributed by atoms with Gasteiger partial charge in [0.15, 0.2) is 5.78 Å². The molecule has 0 atom stereocenters. The highest BCUT2D eigenvalue weighted by Crippen LogP contribution is 2.23. The van der Waals surface area contributed by atoms with E-state index in [1.54, 1.807) is 0 Å². The Balaban J connectivity index is 1.31. The second-order valence-electron chi connectivity index (χ2n) is 7.11. The molecule has 0 unspecified atom stereocenters. The van der Waals surface area contributed by atoms with Crippen LogP contribution in [0.5, 0.6) is 0 Å². The number of nitrogens with zero attached hydrogens (tertiary/aromatic N) is 2. The molecule has 1 aromatic heterocycles. The maximum atomic E-state index is 12.4. The lowest BCUT2D eigenvalue weighted by Gasteiger charge is -2.07. The van der Waals surface area contributed by atoms with Crippen LogP contribution in [-0.2, 0) is 31.2 Å². The summed E-state index contributed by atoms with van der Waals surface area (Å²) in [6, 6.07) is 13.8. The lowest BCUT2D eigenvalue weighted by molar-refractivity contribution is -0.121. The molecule has 0 bridgehead atoms. The van der Waals surface area contributed by atoms with Crippen molar-refractivity contribution in [1.82, 2.24) is 14.9 Å². The molecule has 138 valence electrons. The van der Waals surface area contributed by atoms with Crippen LogP contribution in [-0.4, -0.2) is 21.2 Å². The van der Waals surface area contributed by atoms with Crippen LogP contribution in [0.25, 0.3) is 11.0 Å². The minimum absolute atomic E-state index is 0.0302. The lowest BCUT2D eigenvalue weighted by Crippen LogP contribution is -2.24. The molecule has 1 aliphatic rings. The van der Waals surface area contributed by atoms with E-state index >= 15 is 0 Å². The largest absolute Gasteiger partial charge is 0.349 e. The fraction of sp³-hybridized carbons (Fsp3) is 0.318. The van der Waals surface area contributed by atoms with Gasteiger partial charge in [-0.15, -0.1) is 0 Å². The molecule has 1 N–H and O–H groups in total. The molecule has 27 heavy (non-hydrogen) atoms. The van der Waals surface area contributed by atoms with Crippen LogP contribution in [0.15, 0.2) is 42.5 Å². The van der Waals surface area contributed by atoms with Gasteiger partial charge in [-0.2, -0.15) is 0 Å². The average Bonchev–Trinajstić information content (AvgIpc) is 3.28. The van der Waals surface area contributed by atoms with Crippen LogP contribution < -0.4 is 5.32 Å². The van der Waals surface area contributed by atoms with Crippen molar-refractivity contribution in [3.8, 4) is 0 Å². The topological polar surface area (TPSA) is 64.0 Å². The normalized spacial score (nSPS) is 12.9. The molecule has 0 radical (unpaired) electrons. The SMILES string of the molecule is Cn1c(CNC(=O)CCC(=O)c2ccc3c(c2)CCC3)nc2ccccc21. The summed E-state index contributed by atoms with van der Waals surface area (Å²) >= 11 is 0. The first-order valence-corrected chi connectivity index (χ1v) is 9.44. The monoisotopic (exact) mass is 361 g/mol. The molecule has 3 aromatic rings. The number of benzene rings is 2. The standard InChI is InChI=1S/C22H23N3O2/c1-25-19-8-3-2-7-18(19)24-21(25)14-23-22(27)12-11-20(26)17-10-9-15-5-4-6-16(15)13-17/h2-3,7-10,13H,4-6,11-12,14H2,1H3,(H,23,27). The molecular formula is C22H23N3O2. The van der Waals surface area contributed by atoms with Gasteiger partial charge in [-0.05, 0) is 48.6 Å². The average molecular weight is 361 g/mol. The van der Waals surface area contributed by atoms with Crippen molar-refractivity contribution in [3.05, 3.63) is 65.0 Å². The summed E-state index contributed by atoms with van der Waals surface area (Å²) < 4.78 is 1.98. The number of hydrogen-bond donors (Lipinski definition) is 1. The Morgan fingerprint density at radius 1 is 1.07 bits per heavy atom. The number of amides is 1. The van der Waals surface area contributed by atoms with E-state index in [-0.39, 0.29) is 24.5 Å².